The van der Waals surface area contributed by atoms with Crippen LogP contribution in [0.1, 0.15) is 5.01 Å². The predicted molar refractivity (Wildman–Crippen MR) is 62.6 cm³/mol. The normalized spacial score (nSPS) is 10.8. The van der Waals surface area contributed by atoms with Crippen molar-refractivity contribution in [3.8, 4) is 11.3 Å². The Morgan fingerprint density at radius 1 is 1.25 bits per heavy atom. The molecule has 4 heteroatoms. The molecule has 0 saturated heterocycles. The van der Waals surface area contributed by atoms with Crippen molar-refractivity contribution in [2.24, 2.45) is 0 Å². The van der Waals surface area contributed by atoms with Gasteiger partial charge >= 0.3 is 0 Å². The molecule has 0 radical (unpaired) electrons. The number of hydrogen-bond acceptors (Lipinski definition) is 3. The molecule has 2 nitrogen and oxygen atoms in total. The van der Waals surface area contributed by atoms with Crippen LogP contribution in [0.4, 0.5) is 4.39 Å². The molecule has 0 atom stereocenters. The summed E-state index contributed by atoms with van der Waals surface area (Å²) in [6, 6.07) is 6.15. The van der Waals surface area contributed by atoms with E-state index in [1.807, 2.05) is 5.38 Å². The maximum Gasteiger partial charge on any atom is 0.142 e. The molecular formula is C12H8FNOS. The number of carbonyl (C=O) groups is 1. The minimum Gasteiger partial charge on any atom is -0.299 e. The topological polar surface area (TPSA) is 30.0 Å². The molecule has 0 unspecified atom stereocenters. The molecule has 1 heterocycles. The smallest absolute Gasteiger partial charge is 0.142 e. The first-order chi connectivity index (χ1) is 7.79. The van der Waals surface area contributed by atoms with E-state index >= 15 is 0 Å². The average molecular weight is 233 g/mol. The molecule has 80 valence electrons. The molecule has 1 aromatic carbocycles. The van der Waals surface area contributed by atoms with Crippen molar-refractivity contribution in [3.63, 3.8) is 0 Å². The first kappa shape index (κ1) is 10.7. The van der Waals surface area contributed by atoms with Crippen LogP contribution in [0.25, 0.3) is 17.3 Å². The molecule has 16 heavy (non-hydrogen) atoms. The Labute approximate surface area is 96.1 Å². The summed E-state index contributed by atoms with van der Waals surface area (Å²) in [7, 11) is 0. The lowest BCUT2D eigenvalue weighted by Crippen LogP contribution is -1.79. The van der Waals surface area contributed by atoms with Crippen LogP contribution in [0.2, 0.25) is 0 Å². The standard InChI is InChI=1S/C12H8FNOS/c13-10-5-3-9(4-6-10)11-8-16-12(14-11)2-1-7-15/h1-8H/b2-1+. The lowest BCUT2D eigenvalue weighted by molar-refractivity contribution is -0.104. The summed E-state index contributed by atoms with van der Waals surface area (Å²) in [4.78, 5) is 14.4. The molecule has 2 aromatic rings. The molecular weight excluding hydrogens is 225 g/mol. The average Bonchev–Trinajstić information content (AvgIpc) is 2.76. The largest absolute Gasteiger partial charge is 0.299 e. The van der Waals surface area contributed by atoms with Gasteiger partial charge in [-0.1, -0.05) is 0 Å². The number of allylic oxidation sites excluding steroid dienone is 1. The van der Waals surface area contributed by atoms with Crippen molar-refractivity contribution in [2.75, 3.05) is 0 Å². The monoisotopic (exact) mass is 233 g/mol. The molecule has 0 aliphatic heterocycles. The minimum absolute atomic E-state index is 0.264. The van der Waals surface area contributed by atoms with Crippen LogP contribution in [0, 0.1) is 5.82 Å². The molecule has 0 N–H and O–H groups in total. The Hall–Kier alpha value is -1.81. The van der Waals surface area contributed by atoms with E-state index < -0.39 is 0 Å². The van der Waals surface area contributed by atoms with E-state index in [0.717, 1.165) is 16.3 Å². The Kier molecular flexibility index (Phi) is 3.22. The number of benzene rings is 1. The Morgan fingerprint density at radius 3 is 2.69 bits per heavy atom. The number of carbonyl (C=O) groups excluding carboxylic acids is 1. The highest BCUT2D eigenvalue weighted by Gasteiger charge is 2.02. The predicted octanol–water partition coefficient (Wildman–Crippen LogP) is 3.16. The van der Waals surface area contributed by atoms with Crippen molar-refractivity contribution in [1.82, 2.24) is 4.98 Å². The number of halogens is 1. The van der Waals surface area contributed by atoms with Crippen LogP contribution in [-0.4, -0.2) is 11.3 Å². The number of aromatic nitrogens is 1. The van der Waals surface area contributed by atoms with Crippen LogP contribution in [0.15, 0.2) is 35.7 Å². The third-order valence-electron chi connectivity index (χ3n) is 1.98. The van der Waals surface area contributed by atoms with Crippen LogP contribution in [0.3, 0.4) is 0 Å². The molecule has 2 rings (SSSR count). The van der Waals surface area contributed by atoms with E-state index in [1.165, 1.54) is 29.5 Å². The summed E-state index contributed by atoms with van der Waals surface area (Å²) in [6.45, 7) is 0. The third kappa shape index (κ3) is 2.41. The third-order valence-corrected chi connectivity index (χ3v) is 2.79. The Morgan fingerprint density at radius 2 is 2.00 bits per heavy atom. The Bertz CT molecular complexity index is 516. The Balaban J connectivity index is 2.27. The summed E-state index contributed by atoms with van der Waals surface area (Å²) >= 11 is 1.44. The van der Waals surface area contributed by atoms with E-state index in [1.54, 1.807) is 18.2 Å². The molecule has 0 aliphatic rings. The maximum absolute atomic E-state index is 12.7. The molecule has 0 amide bonds. The summed E-state index contributed by atoms with van der Waals surface area (Å²) in [5.41, 5.74) is 1.65. The van der Waals surface area contributed by atoms with Crippen molar-refractivity contribution in [3.05, 3.63) is 46.5 Å². The highest BCUT2D eigenvalue weighted by Crippen LogP contribution is 2.22. The van der Waals surface area contributed by atoms with Crippen molar-refractivity contribution in [2.45, 2.75) is 0 Å². The van der Waals surface area contributed by atoms with Gasteiger partial charge in [-0.05, 0) is 36.4 Å². The SMILES string of the molecule is O=C/C=C/c1nc(-c2ccc(F)cc2)cs1. The van der Waals surface area contributed by atoms with Gasteiger partial charge in [0.2, 0.25) is 0 Å². The number of rotatable bonds is 3. The zero-order valence-electron chi connectivity index (χ0n) is 8.26. The van der Waals surface area contributed by atoms with Crippen LogP contribution < -0.4 is 0 Å². The first-order valence-electron chi connectivity index (χ1n) is 4.63. The lowest BCUT2D eigenvalue weighted by atomic mass is 10.2. The van der Waals surface area contributed by atoms with E-state index in [-0.39, 0.29) is 5.82 Å². The van der Waals surface area contributed by atoms with Crippen molar-refractivity contribution >= 4 is 23.7 Å². The fourth-order valence-electron chi connectivity index (χ4n) is 1.24. The molecule has 0 bridgehead atoms. The first-order valence-corrected chi connectivity index (χ1v) is 5.51. The molecule has 0 aliphatic carbocycles. The van der Waals surface area contributed by atoms with E-state index in [2.05, 4.69) is 4.98 Å². The number of hydrogen-bond donors (Lipinski definition) is 0. The van der Waals surface area contributed by atoms with Gasteiger partial charge in [0.05, 0.1) is 5.69 Å². The summed E-state index contributed by atoms with van der Waals surface area (Å²) in [5.74, 6) is -0.264. The van der Waals surface area contributed by atoms with Crippen LogP contribution in [-0.2, 0) is 4.79 Å². The second kappa shape index (κ2) is 4.81. The van der Waals surface area contributed by atoms with Gasteiger partial charge < -0.3 is 0 Å². The second-order valence-corrected chi connectivity index (χ2v) is 3.96. The number of thiazole rings is 1. The highest BCUT2D eigenvalue weighted by atomic mass is 32.1. The number of aldehydes is 1. The fourth-order valence-corrected chi connectivity index (χ4v) is 1.97. The van der Waals surface area contributed by atoms with Gasteiger partial charge in [-0.3, -0.25) is 4.79 Å². The summed E-state index contributed by atoms with van der Waals surface area (Å²) < 4.78 is 12.7. The molecule has 0 spiro atoms. The zero-order chi connectivity index (χ0) is 11.4. The van der Waals surface area contributed by atoms with Gasteiger partial charge in [-0.25, -0.2) is 9.37 Å². The van der Waals surface area contributed by atoms with E-state index in [9.17, 15) is 9.18 Å². The second-order valence-electron chi connectivity index (χ2n) is 3.07. The number of nitrogens with zero attached hydrogens (tertiary/aromatic N) is 1. The van der Waals surface area contributed by atoms with E-state index in [0.29, 0.717) is 6.29 Å². The lowest BCUT2D eigenvalue weighted by Gasteiger charge is -1.94. The van der Waals surface area contributed by atoms with Gasteiger partial charge in [0, 0.05) is 10.9 Å². The summed E-state index contributed by atoms with van der Waals surface area (Å²) in [5, 5.41) is 2.63. The molecule has 0 saturated carbocycles. The van der Waals surface area contributed by atoms with E-state index in [4.69, 9.17) is 0 Å². The van der Waals surface area contributed by atoms with Crippen molar-refractivity contribution < 1.29 is 9.18 Å². The highest BCUT2D eigenvalue weighted by molar-refractivity contribution is 7.10. The van der Waals surface area contributed by atoms with Crippen LogP contribution >= 0.6 is 11.3 Å². The van der Waals surface area contributed by atoms with Gasteiger partial charge in [0.1, 0.15) is 17.1 Å². The fraction of sp³-hybridized carbons (Fsp3) is 0. The zero-order valence-corrected chi connectivity index (χ0v) is 9.08. The minimum atomic E-state index is -0.264. The van der Waals surface area contributed by atoms with Gasteiger partial charge in [0.15, 0.2) is 0 Å². The van der Waals surface area contributed by atoms with Crippen molar-refractivity contribution in [1.29, 1.82) is 0 Å². The maximum atomic E-state index is 12.7. The molecule has 0 fully saturated rings. The molecule has 1 aromatic heterocycles. The van der Waals surface area contributed by atoms with Gasteiger partial charge in [0.25, 0.3) is 0 Å². The van der Waals surface area contributed by atoms with Gasteiger partial charge in [-0.15, -0.1) is 11.3 Å². The van der Waals surface area contributed by atoms with Gasteiger partial charge in [-0.2, -0.15) is 0 Å². The van der Waals surface area contributed by atoms with Crippen LogP contribution in [0.5, 0.6) is 0 Å². The quantitative estimate of drug-likeness (QED) is 0.602. The summed E-state index contributed by atoms with van der Waals surface area (Å²) in [6.07, 6.45) is 3.75.